The van der Waals surface area contributed by atoms with Gasteiger partial charge in [0.2, 0.25) is 0 Å². The van der Waals surface area contributed by atoms with Crippen LogP contribution < -0.4 is 9.80 Å². The summed E-state index contributed by atoms with van der Waals surface area (Å²) in [6.07, 6.45) is 22.9. The van der Waals surface area contributed by atoms with E-state index < -0.39 is 11.6 Å². The van der Waals surface area contributed by atoms with Crippen LogP contribution in [0.5, 0.6) is 0 Å². The molecule has 2 unspecified atom stereocenters. The first-order valence-electron chi connectivity index (χ1n) is 23.9. The van der Waals surface area contributed by atoms with Crippen molar-refractivity contribution in [1.29, 1.82) is 0 Å². The van der Waals surface area contributed by atoms with Crippen LogP contribution in [0.25, 0.3) is 22.6 Å². The van der Waals surface area contributed by atoms with E-state index in [1.165, 1.54) is 47.9 Å². The van der Waals surface area contributed by atoms with Gasteiger partial charge in [0, 0.05) is 62.8 Å². The van der Waals surface area contributed by atoms with Gasteiger partial charge in [-0.1, -0.05) is 97.7 Å². The Labute approximate surface area is 395 Å². The van der Waals surface area contributed by atoms with Crippen molar-refractivity contribution < 1.29 is 8.78 Å². The topological polar surface area (TPSA) is 29.1 Å². The molecule has 2 fully saturated rings. The average Bonchev–Trinajstić information content (AvgIpc) is 3.47. The van der Waals surface area contributed by atoms with E-state index in [9.17, 15) is 0 Å². The third-order valence-electron chi connectivity index (χ3n) is 13.9. The molecule has 1 aromatic heterocycles. The van der Waals surface area contributed by atoms with Gasteiger partial charge in [0.1, 0.15) is 11.3 Å². The number of benzene rings is 2. The SMILES string of the molecule is C=CCCC(C=C)N(C)Cc1c(C=C)cc(C)cc1C1CCN(CCCCCCCCC2=CC#CCC(F)=C2c2c(Cl)cc3c(N4CCN(C)CC4C=C)c(N(C)C)cnc3c2F)CC1. The largest absolute Gasteiger partial charge is 0.375 e. The van der Waals surface area contributed by atoms with E-state index in [4.69, 9.17) is 11.6 Å². The summed E-state index contributed by atoms with van der Waals surface area (Å²) in [6, 6.07) is 6.81. The normalized spacial score (nSPS) is 18.0. The molecule has 3 aliphatic rings. The molecule has 6 rings (SSSR count). The molecule has 0 saturated carbocycles. The number of piperidine rings is 1. The second kappa shape index (κ2) is 23.8. The summed E-state index contributed by atoms with van der Waals surface area (Å²) < 4.78 is 33.1. The highest BCUT2D eigenvalue weighted by atomic mass is 35.5. The Kier molecular flexibility index (Phi) is 18.3. The number of unbranched alkanes of at least 4 members (excludes halogenated alkanes) is 5. The number of fused-ring (bicyclic) bond motifs is 1. The van der Waals surface area contributed by atoms with Crippen molar-refractivity contribution in [1.82, 2.24) is 19.7 Å². The second-order valence-corrected chi connectivity index (χ2v) is 19.1. The molecule has 65 heavy (non-hydrogen) atoms. The van der Waals surface area contributed by atoms with Gasteiger partial charge in [0.25, 0.3) is 0 Å². The summed E-state index contributed by atoms with van der Waals surface area (Å²) in [7, 11) is 8.22. The summed E-state index contributed by atoms with van der Waals surface area (Å²) in [4.78, 5) is 16.2. The summed E-state index contributed by atoms with van der Waals surface area (Å²) in [5.74, 6) is 5.41. The fraction of sp³-hybridized carbons (Fsp3) is 0.482. The van der Waals surface area contributed by atoms with Crippen LogP contribution in [0, 0.1) is 24.6 Å². The third-order valence-corrected chi connectivity index (χ3v) is 14.2. The number of likely N-dealkylation sites (N-methyl/N-ethyl adjacent to an activating group) is 2. The Balaban J connectivity index is 1.02. The molecule has 2 aromatic carbocycles. The Morgan fingerprint density at radius 2 is 1.71 bits per heavy atom. The van der Waals surface area contributed by atoms with Crippen molar-refractivity contribution >= 4 is 45.5 Å². The predicted octanol–water partition coefficient (Wildman–Crippen LogP) is 12.9. The molecule has 1 aliphatic carbocycles. The van der Waals surface area contributed by atoms with E-state index >= 15 is 8.78 Å². The lowest BCUT2D eigenvalue weighted by molar-refractivity contribution is 0.206. The number of pyridine rings is 1. The van der Waals surface area contributed by atoms with Crippen LogP contribution in [0.3, 0.4) is 0 Å². The predicted molar refractivity (Wildman–Crippen MR) is 275 cm³/mol. The number of likely N-dealkylation sites (tertiary alicyclic amines) is 1. The van der Waals surface area contributed by atoms with Gasteiger partial charge in [0.05, 0.1) is 35.1 Å². The van der Waals surface area contributed by atoms with Gasteiger partial charge in [-0.2, -0.15) is 0 Å². The lowest BCUT2D eigenvalue weighted by Crippen LogP contribution is -2.51. The minimum absolute atomic E-state index is 0.0176. The summed E-state index contributed by atoms with van der Waals surface area (Å²) in [6.45, 7) is 25.2. The zero-order chi connectivity index (χ0) is 46.6. The van der Waals surface area contributed by atoms with Crippen LogP contribution >= 0.6 is 11.6 Å². The Morgan fingerprint density at radius 1 is 0.969 bits per heavy atom. The molecule has 9 heteroatoms. The molecule has 2 saturated heterocycles. The van der Waals surface area contributed by atoms with Crippen molar-refractivity contribution in [2.75, 3.05) is 77.3 Å². The quantitative estimate of drug-likeness (QED) is 0.0567. The molecule has 0 N–H and O–H groups in total. The minimum atomic E-state index is -0.604. The molecule has 2 aliphatic heterocycles. The molecule has 6 nitrogen and oxygen atoms in total. The Morgan fingerprint density at radius 3 is 2.40 bits per heavy atom. The maximum Gasteiger partial charge on any atom is 0.158 e. The highest BCUT2D eigenvalue weighted by Gasteiger charge is 2.31. The lowest BCUT2D eigenvalue weighted by atomic mass is 9.83. The van der Waals surface area contributed by atoms with Gasteiger partial charge in [-0.3, -0.25) is 9.88 Å². The van der Waals surface area contributed by atoms with E-state index in [0.29, 0.717) is 29.3 Å². The number of piperazine rings is 1. The number of aromatic nitrogens is 1. The van der Waals surface area contributed by atoms with E-state index in [-0.39, 0.29) is 34.1 Å². The van der Waals surface area contributed by atoms with Crippen molar-refractivity contribution in [3.63, 3.8) is 0 Å². The maximum absolute atomic E-state index is 17.0. The number of halogens is 3. The fourth-order valence-electron chi connectivity index (χ4n) is 10.2. The van der Waals surface area contributed by atoms with Gasteiger partial charge in [-0.25, -0.2) is 8.78 Å². The number of rotatable bonds is 22. The molecule has 0 spiro atoms. The van der Waals surface area contributed by atoms with Crippen LogP contribution in [-0.2, 0) is 6.54 Å². The summed E-state index contributed by atoms with van der Waals surface area (Å²) in [5.41, 5.74) is 8.34. The third kappa shape index (κ3) is 12.1. The summed E-state index contributed by atoms with van der Waals surface area (Å²) >= 11 is 7.04. The highest BCUT2D eigenvalue weighted by Crippen LogP contribution is 2.45. The van der Waals surface area contributed by atoms with Crippen LogP contribution in [0.1, 0.15) is 111 Å². The smallest absolute Gasteiger partial charge is 0.158 e. The maximum atomic E-state index is 17.0. The molecule has 3 aromatic rings. The van der Waals surface area contributed by atoms with Crippen molar-refractivity contribution in [2.45, 2.75) is 109 Å². The molecule has 2 atom stereocenters. The van der Waals surface area contributed by atoms with Gasteiger partial charge in [0.15, 0.2) is 5.82 Å². The van der Waals surface area contributed by atoms with Gasteiger partial charge >= 0.3 is 0 Å². The van der Waals surface area contributed by atoms with E-state index in [1.807, 2.05) is 37.2 Å². The number of aryl methyl sites for hydroxylation is 1. The van der Waals surface area contributed by atoms with Gasteiger partial charge in [-0.05, 0) is 126 Å². The molecule has 0 radical (unpaired) electrons. The van der Waals surface area contributed by atoms with Gasteiger partial charge in [-0.15, -0.1) is 19.7 Å². The number of hydrogen-bond donors (Lipinski definition) is 0. The molecular formula is C56H73ClF2N6. The fourth-order valence-corrected chi connectivity index (χ4v) is 10.5. The van der Waals surface area contributed by atoms with E-state index in [0.717, 1.165) is 95.7 Å². The Hall–Kier alpha value is -4.52. The van der Waals surface area contributed by atoms with Crippen LogP contribution in [0.15, 0.2) is 86.4 Å². The Bertz CT molecular complexity index is 2310. The minimum Gasteiger partial charge on any atom is -0.375 e. The lowest BCUT2D eigenvalue weighted by Gasteiger charge is -2.42. The van der Waals surface area contributed by atoms with E-state index in [2.05, 4.69) is 102 Å². The van der Waals surface area contributed by atoms with Crippen molar-refractivity contribution in [2.24, 2.45) is 0 Å². The summed E-state index contributed by atoms with van der Waals surface area (Å²) in [5, 5.41) is 0.775. The molecule has 0 amide bonds. The first kappa shape index (κ1) is 49.9. The molecular weight excluding hydrogens is 830 g/mol. The van der Waals surface area contributed by atoms with Crippen molar-refractivity contribution in [3.05, 3.63) is 125 Å². The molecule has 0 bridgehead atoms. The van der Waals surface area contributed by atoms with Crippen LogP contribution in [0.4, 0.5) is 20.2 Å². The highest BCUT2D eigenvalue weighted by molar-refractivity contribution is 6.34. The van der Waals surface area contributed by atoms with Crippen LogP contribution in [-0.4, -0.2) is 99.2 Å². The number of hydrogen-bond acceptors (Lipinski definition) is 6. The van der Waals surface area contributed by atoms with Gasteiger partial charge < -0.3 is 19.6 Å². The zero-order valence-corrected chi connectivity index (χ0v) is 40.8. The zero-order valence-electron chi connectivity index (χ0n) is 40.0. The molecule has 348 valence electrons. The number of allylic oxidation sites excluding steroid dienone is 5. The average molecular weight is 904 g/mol. The molecule has 3 heterocycles. The second-order valence-electron chi connectivity index (χ2n) is 18.7. The standard InChI is InChI=1S/C56H73ClF2N6/c1-10-14-25-44(12-3)63(9)39-48-41(11-2)34-40(5)35-46(48)42-27-30-64(31-28-42)29-22-18-16-15-17-19-23-43-24-20-21-26-50(58)52(43)53-49(57)36-47-55(54(53)59)60-37-51(61(6)7)56(47)65-33-32-62(8)38-45(65)13-4/h10-13,24,34-37,42,44-45H,1-4,14-19,22-23,25-33,38-39H2,5-9H3. The first-order valence-corrected chi connectivity index (χ1v) is 24.3. The van der Waals surface area contributed by atoms with Crippen molar-refractivity contribution in [3.8, 4) is 11.8 Å². The monoisotopic (exact) mass is 903 g/mol. The van der Waals surface area contributed by atoms with E-state index in [1.54, 1.807) is 18.3 Å². The van der Waals surface area contributed by atoms with Crippen LogP contribution in [0.2, 0.25) is 5.02 Å². The number of anilines is 2. The number of nitrogens with zero attached hydrogens (tertiary/aromatic N) is 6. The first-order chi connectivity index (χ1) is 31.4.